The van der Waals surface area contributed by atoms with Gasteiger partial charge in [-0.2, -0.15) is 0 Å². The number of aromatic nitrogens is 1. The quantitative estimate of drug-likeness (QED) is 0.903. The predicted molar refractivity (Wildman–Crippen MR) is 83.0 cm³/mol. The minimum atomic E-state index is -3.04. The van der Waals surface area contributed by atoms with Crippen LogP contribution in [0.4, 0.5) is 0 Å². The first-order valence-corrected chi connectivity index (χ1v) is 8.91. The van der Waals surface area contributed by atoms with Crippen molar-refractivity contribution in [3.63, 3.8) is 0 Å². The van der Waals surface area contributed by atoms with E-state index in [9.17, 15) is 13.2 Å². The third kappa shape index (κ3) is 3.53. The molecule has 8 heteroatoms. The zero-order valence-corrected chi connectivity index (χ0v) is 13.3. The van der Waals surface area contributed by atoms with Gasteiger partial charge < -0.3 is 14.6 Å². The Morgan fingerprint density at radius 1 is 1.35 bits per heavy atom. The Labute approximate surface area is 133 Å². The van der Waals surface area contributed by atoms with Crippen LogP contribution < -0.4 is 10.1 Å². The van der Waals surface area contributed by atoms with Gasteiger partial charge >= 0.3 is 0 Å². The second kappa shape index (κ2) is 6.04. The topological polar surface area (TPSA) is 98.5 Å². The standard InChI is InChI=1S/C15H16N2O5S/c1-21-12-4-2-10(3-5-12)13-8-14(22-17-13)15(18)16-11-6-7-23(19,20)9-11/h2-5,8,11H,6-7,9H2,1H3,(H,16,18)/t11-/m0/s1. The van der Waals surface area contributed by atoms with Gasteiger partial charge in [0.05, 0.1) is 18.6 Å². The normalized spacial score (nSPS) is 19.4. The smallest absolute Gasteiger partial charge is 0.290 e. The third-order valence-electron chi connectivity index (χ3n) is 3.69. The number of nitrogens with one attached hydrogen (secondary N) is 1. The number of hydrogen-bond acceptors (Lipinski definition) is 6. The van der Waals surface area contributed by atoms with Gasteiger partial charge in [-0.15, -0.1) is 0 Å². The Bertz CT molecular complexity index is 811. The van der Waals surface area contributed by atoms with Crippen molar-refractivity contribution in [2.24, 2.45) is 0 Å². The number of nitrogens with zero attached hydrogens (tertiary/aromatic N) is 1. The van der Waals surface area contributed by atoms with Crippen molar-refractivity contribution in [2.75, 3.05) is 18.6 Å². The van der Waals surface area contributed by atoms with Crippen molar-refractivity contribution in [3.05, 3.63) is 36.1 Å². The van der Waals surface area contributed by atoms with Crippen LogP contribution in [0.1, 0.15) is 17.0 Å². The first-order chi connectivity index (χ1) is 11.0. The molecule has 7 nitrogen and oxygen atoms in total. The zero-order valence-electron chi connectivity index (χ0n) is 12.5. The minimum absolute atomic E-state index is 0.0295. The summed E-state index contributed by atoms with van der Waals surface area (Å²) in [6, 6.07) is 8.34. The molecule has 2 heterocycles. The van der Waals surface area contributed by atoms with E-state index in [-0.39, 0.29) is 23.3 Å². The molecule has 1 aliphatic rings. The van der Waals surface area contributed by atoms with E-state index >= 15 is 0 Å². The first-order valence-electron chi connectivity index (χ1n) is 7.09. The van der Waals surface area contributed by atoms with E-state index in [2.05, 4.69) is 10.5 Å². The van der Waals surface area contributed by atoms with Gasteiger partial charge in [-0.3, -0.25) is 4.79 Å². The van der Waals surface area contributed by atoms with Crippen molar-refractivity contribution >= 4 is 15.7 Å². The molecule has 1 aliphatic heterocycles. The Balaban J connectivity index is 1.69. The summed E-state index contributed by atoms with van der Waals surface area (Å²) in [7, 11) is -1.46. The lowest BCUT2D eigenvalue weighted by molar-refractivity contribution is 0.0904. The average molecular weight is 336 g/mol. The SMILES string of the molecule is COc1ccc(-c2cc(C(=O)N[C@H]3CCS(=O)(=O)C3)on2)cc1. The van der Waals surface area contributed by atoms with Crippen LogP contribution in [-0.4, -0.2) is 44.1 Å². The van der Waals surface area contributed by atoms with Crippen LogP contribution in [0, 0.1) is 0 Å². The molecule has 0 radical (unpaired) electrons. The summed E-state index contributed by atoms with van der Waals surface area (Å²) in [6.07, 6.45) is 0.424. The molecule has 1 N–H and O–H groups in total. The van der Waals surface area contributed by atoms with Crippen molar-refractivity contribution < 1.29 is 22.5 Å². The molecule has 0 aliphatic carbocycles. The number of sulfone groups is 1. The molecule has 0 saturated carbocycles. The lowest BCUT2D eigenvalue weighted by atomic mass is 10.1. The van der Waals surface area contributed by atoms with Crippen LogP contribution in [0.15, 0.2) is 34.9 Å². The molecular weight excluding hydrogens is 320 g/mol. The van der Waals surface area contributed by atoms with Gasteiger partial charge in [0.25, 0.3) is 5.91 Å². The van der Waals surface area contributed by atoms with Gasteiger partial charge in [0.2, 0.25) is 5.76 Å². The second-order valence-corrected chi connectivity index (χ2v) is 7.61. The van der Waals surface area contributed by atoms with Gasteiger partial charge in [0, 0.05) is 17.7 Å². The van der Waals surface area contributed by atoms with Crippen molar-refractivity contribution in [1.29, 1.82) is 0 Å². The number of rotatable bonds is 4. The van der Waals surface area contributed by atoms with Crippen molar-refractivity contribution in [2.45, 2.75) is 12.5 Å². The molecule has 23 heavy (non-hydrogen) atoms. The average Bonchev–Trinajstić information content (AvgIpc) is 3.14. The highest BCUT2D eigenvalue weighted by molar-refractivity contribution is 7.91. The molecule has 1 fully saturated rings. The molecule has 1 aromatic carbocycles. The molecule has 2 aromatic rings. The van der Waals surface area contributed by atoms with E-state index in [0.717, 1.165) is 11.3 Å². The molecule has 122 valence electrons. The van der Waals surface area contributed by atoms with Crippen LogP contribution in [0.25, 0.3) is 11.3 Å². The first kappa shape index (κ1) is 15.5. The molecule has 0 unspecified atom stereocenters. The number of benzene rings is 1. The van der Waals surface area contributed by atoms with E-state index in [1.165, 1.54) is 6.07 Å². The molecule has 1 aromatic heterocycles. The fraction of sp³-hybridized carbons (Fsp3) is 0.333. The molecule has 1 amide bonds. The van der Waals surface area contributed by atoms with Gasteiger partial charge in [0.1, 0.15) is 11.4 Å². The van der Waals surface area contributed by atoms with Gasteiger partial charge in [-0.05, 0) is 30.7 Å². The van der Waals surface area contributed by atoms with Crippen LogP contribution in [-0.2, 0) is 9.84 Å². The van der Waals surface area contributed by atoms with Crippen LogP contribution in [0.2, 0.25) is 0 Å². The fourth-order valence-electron chi connectivity index (χ4n) is 2.45. The molecule has 0 spiro atoms. The Morgan fingerprint density at radius 3 is 2.70 bits per heavy atom. The molecule has 1 atom stereocenters. The highest BCUT2D eigenvalue weighted by Gasteiger charge is 2.30. The lowest BCUT2D eigenvalue weighted by Gasteiger charge is -2.07. The zero-order chi connectivity index (χ0) is 16.4. The summed E-state index contributed by atoms with van der Waals surface area (Å²) in [5, 5.41) is 6.53. The molecular formula is C15H16N2O5S. The van der Waals surface area contributed by atoms with Crippen LogP contribution >= 0.6 is 0 Å². The number of carbonyl (C=O) groups excluding carboxylic acids is 1. The molecule has 1 saturated heterocycles. The molecule has 3 rings (SSSR count). The summed E-state index contributed by atoms with van der Waals surface area (Å²) in [5.41, 5.74) is 1.31. The Kier molecular flexibility index (Phi) is 4.08. The van der Waals surface area contributed by atoms with Crippen LogP contribution in [0.5, 0.6) is 5.75 Å². The van der Waals surface area contributed by atoms with Crippen molar-refractivity contribution in [1.82, 2.24) is 10.5 Å². The highest BCUT2D eigenvalue weighted by Crippen LogP contribution is 2.22. The fourth-order valence-corrected chi connectivity index (χ4v) is 4.12. The van der Waals surface area contributed by atoms with E-state index in [1.807, 2.05) is 12.1 Å². The van der Waals surface area contributed by atoms with E-state index in [0.29, 0.717) is 12.1 Å². The number of hydrogen-bond donors (Lipinski definition) is 1. The van der Waals surface area contributed by atoms with E-state index in [4.69, 9.17) is 9.26 Å². The van der Waals surface area contributed by atoms with Gasteiger partial charge in [-0.25, -0.2) is 8.42 Å². The van der Waals surface area contributed by atoms with Gasteiger partial charge in [0.15, 0.2) is 9.84 Å². The Hall–Kier alpha value is -2.35. The maximum Gasteiger partial charge on any atom is 0.290 e. The number of ether oxygens (including phenoxy) is 1. The molecule has 0 bridgehead atoms. The monoisotopic (exact) mass is 336 g/mol. The van der Waals surface area contributed by atoms with Gasteiger partial charge in [-0.1, -0.05) is 5.16 Å². The minimum Gasteiger partial charge on any atom is -0.497 e. The summed E-state index contributed by atoms with van der Waals surface area (Å²) in [5.74, 6) is 0.390. The highest BCUT2D eigenvalue weighted by atomic mass is 32.2. The number of carbonyl (C=O) groups is 1. The maximum absolute atomic E-state index is 12.1. The Morgan fingerprint density at radius 2 is 2.09 bits per heavy atom. The van der Waals surface area contributed by atoms with Crippen molar-refractivity contribution in [3.8, 4) is 17.0 Å². The summed E-state index contributed by atoms with van der Waals surface area (Å²) in [4.78, 5) is 12.1. The number of amides is 1. The summed E-state index contributed by atoms with van der Waals surface area (Å²) >= 11 is 0. The van der Waals surface area contributed by atoms with E-state index in [1.54, 1.807) is 19.2 Å². The number of methoxy groups -OCH3 is 1. The van der Waals surface area contributed by atoms with Crippen LogP contribution in [0.3, 0.4) is 0 Å². The lowest BCUT2D eigenvalue weighted by Crippen LogP contribution is -2.35. The summed E-state index contributed by atoms with van der Waals surface area (Å²) in [6.45, 7) is 0. The largest absolute Gasteiger partial charge is 0.497 e. The maximum atomic E-state index is 12.1. The third-order valence-corrected chi connectivity index (χ3v) is 5.46. The second-order valence-electron chi connectivity index (χ2n) is 5.38. The predicted octanol–water partition coefficient (Wildman–Crippen LogP) is 1.27. The summed E-state index contributed by atoms with van der Waals surface area (Å²) < 4.78 is 32.9. The van der Waals surface area contributed by atoms with E-state index < -0.39 is 15.7 Å².